The first-order valence-corrected chi connectivity index (χ1v) is 13.1. The lowest BCUT2D eigenvalue weighted by molar-refractivity contribution is 0.179. The fourth-order valence-electron chi connectivity index (χ4n) is 4.93. The number of halogens is 1. The van der Waals surface area contributed by atoms with Crippen LogP contribution < -0.4 is 15.8 Å². The molecule has 0 aliphatic carbocycles. The maximum absolute atomic E-state index is 14.0. The van der Waals surface area contributed by atoms with Crippen LogP contribution in [0.2, 0.25) is 0 Å². The van der Waals surface area contributed by atoms with E-state index in [2.05, 4.69) is 50.9 Å². The summed E-state index contributed by atoms with van der Waals surface area (Å²) in [6, 6.07) is 6.19. The van der Waals surface area contributed by atoms with Gasteiger partial charge in [0, 0.05) is 25.5 Å². The third-order valence-electron chi connectivity index (χ3n) is 6.94. The summed E-state index contributed by atoms with van der Waals surface area (Å²) in [5.74, 6) is 1.69. The minimum atomic E-state index is -1.40. The Labute approximate surface area is 226 Å². The molecular formula is C27H35FN10O. The van der Waals surface area contributed by atoms with Crippen LogP contribution in [0.15, 0.2) is 54.2 Å². The zero-order valence-corrected chi connectivity index (χ0v) is 22.9. The summed E-state index contributed by atoms with van der Waals surface area (Å²) in [7, 11) is 4.22. The molecule has 4 aromatic heterocycles. The number of fused-ring (bicyclic) bond motifs is 1. The lowest BCUT2D eigenvalue weighted by Gasteiger charge is -2.35. The molecular weight excluding hydrogens is 499 g/mol. The lowest BCUT2D eigenvalue weighted by atomic mass is 10.0. The summed E-state index contributed by atoms with van der Waals surface area (Å²) >= 11 is 0. The van der Waals surface area contributed by atoms with Crippen LogP contribution in [0.3, 0.4) is 0 Å². The average Bonchev–Trinajstić information content (AvgIpc) is 3.44. The largest absolute Gasteiger partial charge is 0.357 e. The van der Waals surface area contributed by atoms with Gasteiger partial charge in [0.05, 0.1) is 25.0 Å². The fourth-order valence-corrected chi connectivity index (χ4v) is 4.93. The highest BCUT2D eigenvalue weighted by atomic mass is 19.1. The van der Waals surface area contributed by atoms with E-state index in [1.807, 2.05) is 18.2 Å². The van der Waals surface area contributed by atoms with Crippen molar-refractivity contribution in [2.45, 2.75) is 51.5 Å². The van der Waals surface area contributed by atoms with E-state index in [4.69, 9.17) is 4.98 Å². The Hall–Kier alpha value is -4.06. The van der Waals surface area contributed by atoms with Crippen LogP contribution in [0.1, 0.15) is 26.7 Å². The van der Waals surface area contributed by atoms with E-state index in [1.54, 1.807) is 27.8 Å². The highest BCUT2D eigenvalue weighted by molar-refractivity contribution is 5.77. The Bertz CT molecular complexity index is 1520. The fraction of sp³-hybridized carbons (Fsp3) is 0.444. The Morgan fingerprint density at radius 2 is 2.00 bits per heavy atom. The van der Waals surface area contributed by atoms with Gasteiger partial charge in [0.15, 0.2) is 11.5 Å². The van der Waals surface area contributed by atoms with E-state index in [0.29, 0.717) is 28.6 Å². The highest BCUT2D eigenvalue weighted by Crippen LogP contribution is 2.23. The zero-order valence-electron chi connectivity index (χ0n) is 22.9. The van der Waals surface area contributed by atoms with Crippen LogP contribution in [0, 0.1) is 0 Å². The quantitative estimate of drug-likeness (QED) is 0.326. The van der Waals surface area contributed by atoms with Crippen molar-refractivity contribution in [1.29, 1.82) is 0 Å². The molecule has 1 N–H and O–H groups in total. The van der Waals surface area contributed by atoms with Crippen LogP contribution in [0.25, 0.3) is 16.9 Å². The molecule has 12 heteroatoms. The van der Waals surface area contributed by atoms with Crippen molar-refractivity contribution in [3.8, 4) is 5.82 Å². The number of nitrogens with zero attached hydrogens (tertiary/aromatic N) is 9. The molecule has 0 unspecified atom stereocenters. The molecule has 0 bridgehead atoms. The number of piperidine rings is 1. The number of hydrogen-bond acceptors (Lipinski definition) is 8. The van der Waals surface area contributed by atoms with Crippen molar-refractivity contribution >= 4 is 28.5 Å². The third-order valence-corrected chi connectivity index (χ3v) is 6.94. The van der Waals surface area contributed by atoms with Crippen molar-refractivity contribution < 1.29 is 4.39 Å². The first-order chi connectivity index (χ1) is 18.6. The molecule has 5 heterocycles. The summed E-state index contributed by atoms with van der Waals surface area (Å²) in [4.78, 5) is 31.9. The van der Waals surface area contributed by atoms with E-state index in [1.165, 1.54) is 24.7 Å². The van der Waals surface area contributed by atoms with E-state index >= 15 is 0 Å². The monoisotopic (exact) mass is 534 g/mol. The number of hydrogen-bond donors (Lipinski definition) is 1. The Kier molecular flexibility index (Phi) is 7.21. The lowest BCUT2D eigenvalue weighted by Crippen LogP contribution is -2.42. The number of pyridine rings is 1. The van der Waals surface area contributed by atoms with E-state index in [-0.39, 0.29) is 24.6 Å². The number of rotatable bonds is 9. The number of anilines is 3. The third kappa shape index (κ3) is 5.70. The average molecular weight is 535 g/mol. The van der Waals surface area contributed by atoms with Crippen LogP contribution >= 0.6 is 0 Å². The molecule has 1 fully saturated rings. The summed E-state index contributed by atoms with van der Waals surface area (Å²) < 4.78 is 18.8. The summed E-state index contributed by atoms with van der Waals surface area (Å²) in [5.41, 5.74) is -0.599. The van der Waals surface area contributed by atoms with Crippen molar-refractivity contribution in [3.63, 3.8) is 0 Å². The van der Waals surface area contributed by atoms with Crippen molar-refractivity contribution in [3.05, 3.63) is 59.8 Å². The molecule has 5 rings (SSSR count). The maximum atomic E-state index is 14.0. The minimum absolute atomic E-state index is 0.118. The van der Waals surface area contributed by atoms with Gasteiger partial charge in [-0.3, -0.25) is 9.48 Å². The van der Waals surface area contributed by atoms with E-state index in [9.17, 15) is 9.18 Å². The van der Waals surface area contributed by atoms with Gasteiger partial charge < -0.3 is 15.1 Å². The predicted octanol–water partition coefficient (Wildman–Crippen LogP) is 3.38. The second kappa shape index (κ2) is 10.6. The van der Waals surface area contributed by atoms with Gasteiger partial charge in [0.1, 0.15) is 16.9 Å². The Balaban J connectivity index is 1.51. The molecule has 0 atom stereocenters. The molecule has 11 nitrogen and oxygen atoms in total. The van der Waals surface area contributed by atoms with Crippen LogP contribution in [-0.2, 0) is 13.1 Å². The SMILES string of the molecule is C=CCn1c(=O)c2cnc(Nc3cnn(CC(C)(C)F)c3)nc2n1-c1cccc(N(C)C2CCN(C)CC2)n1. The zero-order chi connectivity index (χ0) is 27.7. The van der Waals surface area contributed by atoms with Crippen LogP contribution in [0.5, 0.6) is 0 Å². The van der Waals surface area contributed by atoms with E-state index < -0.39 is 5.67 Å². The molecule has 1 saturated heterocycles. The Morgan fingerprint density at radius 1 is 1.23 bits per heavy atom. The second-order valence-electron chi connectivity index (χ2n) is 10.7. The molecule has 0 amide bonds. The standard InChI is InChI=1S/C27H35FN10O/c1-6-12-37-25(39)21-16-29-26(31-19-15-30-36(17-19)18-27(2,3)28)33-24(21)38(37)23-9-7-8-22(32-23)35(5)20-10-13-34(4)14-11-20/h6-9,15-17,20H,1,10-14,18H2,2-5H3,(H,29,31,33). The summed E-state index contributed by atoms with van der Waals surface area (Å²) in [5, 5.41) is 7.69. The minimum Gasteiger partial charge on any atom is -0.357 e. The number of alkyl halides is 1. The molecule has 4 aromatic rings. The van der Waals surface area contributed by atoms with Crippen molar-refractivity contribution in [2.75, 3.05) is 37.4 Å². The van der Waals surface area contributed by atoms with Gasteiger partial charge in [-0.1, -0.05) is 12.1 Å². The van der Waals surface area contributed by atoms with Gasteiger partial charge in [0.25, 0.3) is 5.56 Å². The summed E-state index contributed by atoms with van der Waals surface area (Å²) in [6.45, 7) is 9.32. The van der Waals surface area contributed by atoms with Gasteiger partial charge >= 0.3 is 0 Å². The highest BCUT2D eigenvalue weighted by Gasteiger charge is 2.23. The smallest absolute Gasteiger partial charge is 0.278 e. The molecule has 39 heavy (non-hydrogen) atoms. The summed E-state index contributed by atoms with van der Waals surface area (Å²) in [6.07, 6.45) is 8.57. The molecule has 206 valence electrons. The predicted molar refractivity (Wildman–Crippen MR) is 151 cm³/mol. The number of allylic oxidation sites excluding steroid dienone is 1. The van der Waals surface area contributed by atoms with Crippen LogP contribution in [-0.4, -0.2) is 77.9 Å². The second-order valence-corrected chi connectivity index (χ2v) is 10.7. The van der Waals surface area contributed by atoms with Gasteiger partial charge in [0.2, 0.25) is 5.95 Å². The number of nitrogens with one attached hydrogen (secondary N) is 1. The maximum Gasteiger partial charge on any atom is 0.278 e. The number of aromatic nitrogens is 7. The van der Waals surface area contributed by atoms with Crippen molar-refractivity contribution in [2.24, 2.45) is 0 Å². The first kappa shape index (κ1) is 26.5. The first-order valence-electron chi connectivity index (χ1n) is 13.1. The van der Waals surface area contributed by atoms with Gasteiger partial charge in [-0.25, -0.2) is 23.7 Å². The molecule has 0 radical (unpaired) electrons. The Morgan fingerprint density at radius 3 is 2.72 bits per heavy atom. The number of likely N-dealkylation sites (tertiary alicyclic amines) is 1. The normalized spacial score (nSPS) is 15.1. The molecule has 0 spiro atoms. The molecule has 0 saturated carbocycles. The molecule has 1 aliphatic heterocycles. The topological polar surface area (TPSA) is 102 Å². The van der Waals surface area contributed by atoms with E-state index in [0.717, 1.165) is 31.7 Å². The van der Waals surface area contributed by atoms with Gasteiger partial charge in [-0.05, 0) is 59.0 Å². The van der Waals surface area contributed by atoms with Crippen LogP contribution in [0.4, 0.5) is 21.8 Å². The molecule has 0 aromatic carbocycles. The van der Waals surface area contributed by atoms with Crippen molar-refractivity contribution in [1.82, 2.24) is 39.0 Å². The molecule has 1 aliphatic rings. The van der Waals surface area contributed by atoms with Gasteiger partial charge in [-0.2, -0.15) is 10.1 Å². The van der Waals surface area contributed by atoms with Gasteiger partial charge in [-0.15, -0.1) is 6.58 Å².